The van der Waals surface area contributed by atoms with Crippen molar-refractivity contribution in [1.29, 1.82) is 0 Å². The van der Waals surface area contributed by atoms with E-state index in [-0.39, 0.29) is 5.91 Å². The zero-order chi connectivity index (χ0) is 16.9. The van der Waals surface area contributed by atoms with E-state index in [1.54, 1.807) is 5.38 Å². The molecule has 2 aromatic heterocycles. The molecule has 0 spiro atoms. The van der Waals surface area contributed by atoms with E-state index in [1.807, 2.05) is 19.1 Å². The Hall–Kier alpha value is -1.70. The Balaban J connectivity index is 1.45. The van der Waals surface area contributed by atoms with Crippen molar-refractivity contribution in [2.45, 2.75) is 13.8 Å². The minimum Gasteiger partial charge on any atom is -0.459 e. The fourth-order valence-corrected chi connectivity index (χ4v) is 3.55. The van der Waals surface area contributed by atoms with Crippen molar-refractivity contribution < 1.29 is 9.21 Å². The van der Waals surface area contributed by atoms with Gasteiger partial charge in [-0.25, -0.2) is 4.98 Å². The number of carbonyl (C=O) groups is 1. The van der Waals surface area contributed by atoms with E-state index in [0.717, 1.165) is 50.0 Å². The summed E-state index contributed by atoms with van der Waals surface area (Å²) in [6.45, 7) is 11.1. The second-order valence-corrected chi connectivity index (χ2v) is 6.84. The zero-order valence-electron chi connectivity index (χ0n) is 14.2. The summed E-state index contributed by atoms with van der Waals surface area (Å²) < 4.78 is 5.55. The summed E-state index contributed by atoms with van der Waals surface area (Å²) in [4.78, 5) is 21.4. The Morgan fingerprint density at radius 2 is 2.04 bits per heavy atom. The second kappa shape index (κ2) is 7.92. The van der Waals surface area contributed by atoms with Crippen molar-refractivity contribution in [2.24, 2.45) is 0 Å². The van der Waals surface area contributed by atoms with Gasteiger partial charge in [-0.05, 0) is 25.6 Å². The molecule has 1 aliphatic heterocycles. The highest BCUT2D eigenvalue weighted by atomic mass is 32.1. The number of likely N-dealkylation sites (N-methyl/N-ethyl adjacent to an activating group) is 1. The Labute approximate surface area is 146 Å². The summed E-state index contributed by atoms with van der Waals surface area (Å²) in [5.41, 5.74) is 0.458. The van der Waals surface area contributed by atoms with Crippen molar-refractivity contribution in [3.8, 4) is 10.8 Å². The van der Waals surface area contributed by atoms with Gasteiger partial charge < -0.3 is 14.6 Å². The van der Waals surface area contributed by atoms with E-state index in [0.29, 0.717) is 18.0 Å². The summed E-state index contributed by atoms with van der Waals surface area (Å²) >= 11 is 1.43. The van der Waals surface area contributed by atoms with Crippen molar-refractivity contribution >= 4 is 17.2 Å². The predicted octanol–water partition coefficient (Wildman–Crippen LogP) is 2.08. The van der Waals surface area contributed by atoms with E-state index in [9.17, 15) is 4.79 Å². The lowest BCUT2D eigenvalue weighted by Gasteiger charge is -2.33. The highest BCUT2D eigenvalue weighted by molar-refractivity contribution is 7.13. The minimum atomic E-state index is -0.118. The number of thiazole rings is 1. The number of hydrogen-bond donors (Lipinski definition) is 1. The van der Waals surface area contributed by atoms with Crippen LogP contribution in [-0.2, 0) is 0 Å². The molecule has 1 aliphatic rings. The first kappa shape index (κ1) is 17.1. The summed E-state index contributed by atoms with van der Waals surface area (Å²) in [6, 6.07) is 3.78. The van der Waals surface area contributed by atoms with Crippen LogP contribution in [0, 0.1) is 6.92 Å². The van der Waals surface area contributed by atoms with Gasteiger partial charge >= 0.3 is 0 Å². The molecule has 3 heterocycles. The molecule has 0 atom stereocenters. The van der Waals surface area contributed by atoms with Gasteiger partial charge in [0.05, 0.1) is 0 Å². The first-order valence-corrected chi connectivity index (χ1v) is 9.29. The van der Waals surface area contributed by atoms with Gasteiger partial charge in [0.25, 0.3) is 5.91 Å². The van der Waals surface area contributed by atoms with Crippen LogP contribution in [0.4, 0.5) is 0 Å². The van der Waals surface area contributed by atoms with Gasteiger partial charge in [-0.1, -0.05) is 6.92 Å². The van der Waals surface area contributed by atoms with Gasteiger partial charge in [-0.2, -0.15) is 0 Å². The minimum absolute atomic E-state index is 0.118. The number of nitrogens with zero attached hydrogens (tertiary/aromatic N) is 3. The SMILES string of the molecule is CCN1CCN(CCNC(=O)c2csc(-c3ccc(C)o3)n2)CC1. The zero-order valence-corrected chi connectivity index (χ0v) is 15.1. The molecule has 0 radical (unpaired) electrons. The van der Waals surface area contributed by atoms with Gasteiger partial charge in [0.1, 0.15) is 11.5 Å². The van der Waals surface area contributed by atoms with Gasteiger partial charge in [-0.3, -0.25) is 9.69 Å². The number of carbonyl (C=O) groups excluding carboxylic acids is 1. The molecule has 6 nitrogen and oxygen atoms in total. The predicted molar refractivity (Wildman–Crippen MR) is 95.4 cm³/mol. The molecule has 7 heteroatoms. The first-order valence-electron chi connectivity index (χ1n) is 8.41. The lowest BCUT2D eigenvalue weighted by atomic mass is 10.3. The molecule has 1 saturated heterocycles. The quantitative estimate of drug-likeness (QED) is 0.866. The van der Waals surface area contributed by atoms with Crippen LogP contribution >= 0.6 is 11.3 Å². The molecule has 1 N–H and O–H groups in total. The topological polar surface area (TPSA) is 61.6 Å². The standard InChI is InChI=1S/C17H24N4O2S/c1-3-20-8-10-21(11-9-20)7-6-18-16(22)14-12-24-17(19-14)15-5-4-13(2)23-15/h4-5,12H,3,6-11H2,1-2H3,(H,18,22). The fourth-order valence-electron chi connectivity index (χ4n) is 2.79. The summed E-state index contributed by atoms with van der Waals surface area (Å²) in [6.07, 6.45) is 0. The van der Waals surface area contributed by atoms with Crippen LogP contribution in [0.3, 0.4) is 0 Å². The van der Waals surface area contributed by atoms with Gasteiger partial charge in [0, 0.05) is 44.6 Å². The van der Waals surface area contributed by atoms with Crippen molar-refractivity contribution in [3.63, 3.8) is 0 Å². The molecule has 24 heavy (non-hydrogen) atoms. The maximum Gasteiger partial charge on any atom is 0.270 e. The third-order valence-electron chi connectivity index (χ3n) is 4.31. The van der Waals surface area contributed by atoms with E-state index in [4.69, 9.17) is 4.42 Å². The van der Waals surface area contributed by atoms with Crippen molar-refractivity contribution in [1.82, 2.24) is 20.1 Å². The van der Waals surface area contributed by atoms with Crippen LogP contribution < -0.4 is 5.32 Å². The molecule has 0 aromatic carbocycles. The van der Waals surface area contributed by atoms with E-state index >= 15 is 0 Å². The molecule has 0 unspecified atom stereocenters. The molecule has 130 valence electrons. The lowest BCUT2D eigenvalue weighted by Crippen LogP contribution is -2.48. The second-order valence-electron chi connectivity index (χ2n) is 5.98. The summed E-state index contributed by atoms with van der Waals surface area (Å²) in [5, 5.41) is 5.48. The van der Waals surface area contributed by atoms with E-state index in [1.165, 1.54) is 11.3 Å². The highest BCUT2D eigenvalue weighted by Gasteiger charge is 2.16. The first-order chi connectivity index (χ1) is 11.7. The summed E-state index contributed by atoms with van der Waals surface area (Å²) in [5.74, 6) is 1.44. The molecule has 3 rings (SSSR count). The normalized spacial score (nSPS) is 16.4. The van der Waals surface area contributed by atoms with Crippen molar-refractivity contribution in [2.75, 3.05) is 45.8 Å². The molecular formula is C17H24N4O2S. The number of furan rings is 1. The molecule has 0 saturated carbocycles. The third-order valence-corrected chi connectivity index (χ3v) is 5.17. The van der Waals surface area contributed by atoms with Gasteiger partial charge in [0.15, 0.2) is 10.8 Å². The average Bonchev–Trinajstić information content (AvgIpc) is 3.24. The molecular weight excluding hydrogens is 324 g/mol. The Morgan fingerprint density at radius 1 is 1.29 bits per heavy atom. The number of aromatic nitrogens is 1. The Bertz CT molecular complexity index is 674. The van der Waals surface area contributed by atoms with Crippen LogP contribution in [0.1, 0.15) is 23.2 Å². The Kier molecular flexibility index (Phi) is 5.65. The van der Waals surface area contributed by atoms with E-state index < -0.39 is 0 Å². The highest BCUT2D eigenvalue weighted by Crippen LogP contribution is 2.25. The third kappa shape index (κ3) is 4.23. The van der Waals surface area contributed by atoms with Gasteiger partial charge in [-0.15, -0.1) is 11.3 Å². The number of aryl methyl sites for hydroxylation is 1. The van der Waals surface area contributed by atoms with Crippen molar-refractivity contribution in [3.05, 3.63) is 29.0 Å². The number of hydrogen-bond acceptors (Lipinski definition) is 6. The largest absolute Gasteiger partial charge is 0.459 e. The summed E-state index contributed by atoms with van der Waals surface area (Å²) in [7, 11) is 0. The van der Waals surface area contributed by atoms with E-state index in [2.05, 4.69) is 27.0 Å². The van der Waals surface area contributed by atoms with Crippen LogP contribution in [-0.4, -0.2) is 66.5 Å². The number of piperazine rings is 1. The van der Waals surface area contributed by atoms with Crippen LogP contribution in [0.2, 0.25) is 0 Å². The molecule has 2 aromatic rings. The fraction of sp³-hybridized carbons (Fsp3) is 0.529. The lowest BCUT2D eigenvalue weighted by molar-refractivity contribution is 0.0933. The van der Waals surface area contributed by atoms with Crippen LogP contribution in [0.15, 0.2) is 21.9 Å². The molecule has 0 bridgehead atoms. The van der Waals surface area contributed by atoms with Crippen LogP contribution in [0.25, 0.3) is 10.8 Å². The maximum atomic E-state index is 12.2. The smallest absolute Gasteiger partial charge is 0.270 e. The molecule has 1 fully saturated rings. The number of rotatable bonds is 6. The Morgan fingerprint density at radius 3 is 2.71 bits per heavy atom. The monoisotopic (exact) mass is 348 g/mol. The molecule has 1 amide bonds. The average molecular weight is 348 g/mol. The number of amides is 1. The van der Waals surface area contributed by atoms with Crippen LogP contribution in [0.5, 0.6) is 0 Å². The van der Waals surface area contributed by atoms with Gasteiger partial charge in [0.2, 0.25) is 0 Å². The number of nitrogens with one attached hydrogen (secondary N) is 1. The maximum absolute atomic E-state index is 12.2. The molecule has 0 aliphatic carbocycles.